The largest absolute Gasteiger partial charge is 0.408 e. The van der Waals surface area contributed by atoms with Crippen molar-refractivity contribution in [2.75, 3.05) is 26.2 Å². The van der Waals surface area contributed by atoms with E-state index in [-0.39, 0.29) is 30.5 Å². The molecule has 0 aromatic heterocycles. The molecule has 8 heteroatoms. The SMILES string of the molecule is Cl.Fc1ccc(Cl)cc1[C@@H](N1CCNCC1)C(F)(F)F. The molecular formula is C12H14Cl2F4N2. The number of rotatable bonds is 2. The van der Waals surface area contributed by atoms with E-state index in [9.17, 15) is 17.6 Å². The van der Waals surface area contributed by atoms with Crippen molar-refractivity contribution in [3.8, 4) is 0 Å². The van der Waals surface area contributed by atoms with Crippen LogP contribution < -0.4 is 5.32 Å². The second-order valence-electron chi connectivity index (χ2n) is 4.40. The number of hydrogen-bond acceptors (Lipinski definition) is 2. The van der Waals surface area contributed by atoms with E-state index in [4.69, 9.17) is 11.6 Å². The molecule has 1 N–H and O–H groups in total. The van der Waals surface area contributed by atoms with E-state index in [0.29, 0.717) is 13.1 Å². The van der Waals surface area contributed by atoms with Gasteiger partial charge in [-0.2, -0.15) is 13.2 Å². The van der Waals surface area contributed by atoms with Crippen LogP contribution in [0.1, 0.15) is 11.6 Å². The minimum atomic E-state index is -4.54. The highest BCUT2D eigenvalue weighted by Crippen LogP contribution is 2.39. The zero-order chi connectivity index (χ0) is 14.0. The number of piperazine rings is 1. The fraction of sp³-hybridized carbons (Fsp3) is 0.500. The minimum Gasteiger partial charge on any atom is -0.314 e. The molecular weight excluding hydrogens is 319 g/mol. The van der Waals surface area contributed by atoms with Gasteiger partial charge in [0.15, 0.2) is 0 Å². The fourth-order valence-corrected chi connectivity index (χ4v) is 2.43. The van der Waals surface area contributed by atoms with Crippen molar-refractivity contribution in [3.63, 3.8) is 0 Å². The highest BCUT2D eigenvalue weighted by Gasteiger charge is 2.46. The van der Waals surface area contributed by atoms with Crippen molar-refractivity contribution in [1.82, 2.24) is 10.2 Å². The van der Waals surface area contributed by atoms with E-state index in [0.717, 1.165) is 12.1 Å². The standard InChI is InChI=1S/C12H13ClF4N2.ClH/c13-8-1-2-10(14)9(7-8)11(12(15,16)17)19-5-3-18-4-6-19;/h1-2,7,11,18H,3-6H2;1H/t11-;/m1./s1. The van der Waals surface area contributed by atoms with E-state index in [1.807, 2.05) is 0 Å². The highest BCUT2D eigenvalue weighted by atomic mass is 35.5. The summed E-state index contributed by atoms with van der Waals surface area (Å²) in [5.74, 6) is -0.884. The fourth-order valence-electron chi connectivity index (χ4n) is 2.24. The summed E-state index contributed by atoms with van der Waals surface area (Å²) >= 11 is 5.69. The van der Waals surface area contributed by atoms with Gasteiger partial charge in [-0.15, -0.1) is 12.4 Å². The summed E-state index contributed by atoms with van der Waals surface area (Å²) in [6, 6.07) is 1.31. The smallest absolute Gasteiger partial charge is 0.314 e. The maximum atomic E-state index is 13.7. The van der Waals surface area contributed by atoms with Gasteiger partial charge in [0.25, 0.3) is 0 Å². The first-order valence-corrected chi connectivity index (χ1v) is 6.24. The van der Waals surface area contributed by atoms with Crippen LogP contribution >= 0.6 is 24.0 Å². The van der Waals surface area contributed by atoms with Crippen LogP contribution in [0.4, 0.5) is 17.6 Å². The molecule has 1 fully saturated rings. The van der Waals surface area contributed by atoms with E-state index in [1.54, 1.807) is 0 Å². The first kappa shape index (κ1) is 17.5. The summed E-state index contributed by atoms with van der Waals surface area (Å²) in [7, 11) is 0. The van der Waals surface area contributed by atoms with E-state index < -0.39 is 23.6 Å². The first-order valence-electron chi connectivity index (χ1n) is 5.86. The van der Waals surface area contributed by atoms with Gasteiger partial charge in [-0.3, -0.25) is 4.90 Å². The van der Waals surface area contributed by atoms with E-state index >= 15 is 0 Å². The zero-order valence-corrected chi connectivity index (χ0v) is 12.0. The Kier molecular flexibility index (Phi) is 6.06. The van der Waals surface area contributed by atoms with E-state index in [1.165, 1.54) is 11.0 Å². The predicted octanol–water partition coefficient (Wildman–Crippen LogP) is 3.41. The van der Waals surface area contributed by atoms with Gasteiger partial charge in [0, 0.05) is 36.8 Å². The Morgan fingerprint density at radius 3 is 2.35 bits per heavy atom. The molecule has 20 heavy (non-hydrogen) atoms. The molecule has 2 rings (SSSR count). The van der Waals surface area contributed by atoms with Gasteiger partial charge in [0.2, 0.25) is 0 Å². The van der Waals surface area contributed by atoms with Gasteiger partial charge in [-0.25, -0.2) is 4.39 Å². The summed E-state index contributed by atoms with van der Waals surface area (Å²) in [6.07, 6.45) is -4.54. The summed E-state index contributed by atoms with van der Waals surface area (Å²) < 4.78 is 53.4. The van der Waals surface area contributed by atoms with Gasteiger partial charge in [-0.05, 0) is 18.2 Å². The van der Waals surface area contributed by atoms with Crippen molar-refractivity contribution < 1.29 is 17.6 Å². The van der Waals surface area contributed by atoms with Crippen LogP contribution in [0.15, 0.2) is 18.2 Å². The molecule has 1 aromatic carbocycles. The molecule has 1 atom stereocenters. The minimum absolute atomic E-state index is 0. The molecule has 0 aliphatic carbocycles. The molecule has 1 aliphatic rings. The Labute approximate surface area is 125 Å². The normalized spacial score (nSPS) is 18.4. The third-order valence-corrected chi connectivity index (χ3v) is 3.31. The average molecular weight is 333 g/mol. The average Bonchev–Trinajstić information content (AvgIpc) is 2.33. The predicted molar refractivity (Wildman–Crippen MR) is 71.9 cm³/mol. The molecule has 0 spiro atoms. The molecule has 1 aliphatic heterocycles. The first-order chi connectivity index (χ1) is 8.89. The topological polar surface area (TPSA) is 15.3 Å². The molecule has 2 nitrogen and oxygen atoms in total. The van der Waals surface area contributed by atoms with Gasteiger partial charge in [0.05, 0.1) is 0 Å². The lowest BCUT2D eigenvalue weighted by Gasteiger charge is -2.36. The molecule has 0 bridgehead atoms. The lowest BCUT2D eigenvalue weighted by Crippen LogP contribution is -2.49. The van der Waals surface area contributed by atoms with Crippen molar-refractivity contribution in [1.29, 1.82) is 0 Å². The van der Waals surface area contributed by atoms with Crippen LogP contribution in [0, 0.1) is 5.82 Å². The van der Waals surface area contributed by atoms with Crippen molar-refractivity contribution in [3.05, 3.63) is 34.6 Å². The van der Waals surface area contributed by atoms with Gasteiger partial charge < -0.3 is 5.32 Å². The summed E-state index contributed by atoms with van der Waals surface area (Å²) in [6.45, 7) is 1.34. The highest BCUT2D eigenvalue weighted by molar-refractivity contribution is 6.30. The molecule has 0 radical (unpaired) electrons. The quantitative estimate of drug-likeness (QED) is 0.835. The second-order valence-corrected chi connectivity index (χ2v) is 4.83. The number of nitrogens with one attached hydrogen (secondary N) is 1. The summed E-state index contributed by atoms with van der Waals surface area (Å²) in [5.41, 5.74) is -0.415. The number of nitrogens with zero attached hydrogens (tertiary/aromatic N) is 1. The van der Waals surface area contributed by atoms with Crippen LogP contribution in [0.25, 0.3) is 0 Å². The lowest BCUT2D eigenvalue weighted by atomic mass is 10.0. The Bertz CT molecular complexity index is 448. The van der Waals surface area contributed by atoms with Crippen molar-refractivity contribution in [2.24, 2.45) is 0 Å². The maximum Gasteiger partial charge on any atom is 0.408 e. The number of alkyl halides is 3. The van der Waals surface area contributed by atoms with Gasteiger partial charge >= 0.3 is 6.18 Å². The molecule has 0 saturated carbocycles. The van der Waals surface area contributed by atoms with Crippen LogP contribution in [0.5, 0.6) is 0 Å². The maximum absolute atomic E-state index is 13.7. The molecule has 1 saturated heterocycles. The Balaban J connectivity index is 0.00000200. The lowest BCUT2D eigenvalue weighted by molar-refractivity contribution is -0.188. The van der Waals surface area contributed by atoms with Crippen LogP contribution in [0.2, 0.25) is 5.02 Å². The molecule has 0 unspecified atom stereocenters. The number of benzene rings is 1. The van der Waals surface area contributed by atoms with Crippen LogP contribution in [-0.2, 0) is 0 Å². The van der Waals surface area contributed by atoms with Gasteiger partial charge in [-0.1, -0.05) is 11.6 Å². The van der Waals surface area contributed by atoms with Gasteiger partial charge in [0.1, 0.15) is 11.9 Å². The third-order valence-electron chi connectivity index (χ3n) is 3.08. The van der Waals surface area contributed by atoms with Crippen molar-refractivity contribution >= 4 is 24.0 Å². The summed E-state index contributed by atoms with van der Waals surface area (Å²) in [5, 5.41) is 3.07. The Morgan fingerprint density at radius 1 is 1.20 bits per heavy atom. The zero-order valence-electron chi connectivity index (χ0n) is 10.4. The summed E-state index contributed by atoms with van der Waals surface area (Å²) in [4.78, 5) is 1.23. The van der Waals surface area contributed by atoms with Crippen LogP contribution in [-0.4, -0.2) is 37.3 Å². The van der Waals surface area contributed by atoms with E-state index in [2.05, 4.69) is 5.32 Å². The molecule has 114 valence electrons. The molecule has 0 amide bonds. The number of halogens is 6. The Morgan fingerprint density at radius 2 is 1.80 bits per heavy atom. The third kappa shape index (κ3) is 3.97. The van der Waals surface area contributed by atoms with Crippen LogP contribution in [0.3, 0.4) is 0 Å². The van der Waals surface area contributed by atoms with Crippen molar-refractivity contribution in [2.45, 2.75) is 12.2 Å². The monoisotopic (exact) mass is 332 g/mol. The molecule has 1 aromatic rings. The second kappa shape index (κ2) is 6.93. The molecule has 1 heterocycles. The number of hydrogen-bond donors (Lipinski definition) is 1. The Hall–Kier alpha value is -0.560.